The summed E-state index contributed by atoms with van der Waals surface area (Å²) in [5.74, 6) is 0.822. The molecule has 0 aromatic heterocycles. The Labute approximate surface area is 152 Å². The van der Waals surface area contributed by atoms with Gasteiger partial charge in [0.1, 0.15) is 5.75 Å². The van der Waals surface area contributed by atoms with E-state index >= 15 is 0 Å². The Morgan fingerprint density at radius 3 is 2.15 bits per heavy atom. The summed E-state index contributed by atoms with van der Waals surface area (Å²) in [5, 5.41) is 2.10. The van der Waals surface area contributed by atoms with Gasteiger partial charge >= 0.3 is 0 Å². The molecule has 2 aliphatic rings. The minimum Gasteiger partial charge on any atom is -0.496 e. The van der Waals surface area contributed by atoms with E-state index in [0.717, 1.165) is 38.7 Å². The normalized spacial score (nSPS) is 15.7. The Bertz CT molecular complexity index is 1090. The van der Waals surface area contributed by atoms with Gasteiger partial charge in [0, 0.05) is 29.5 Å². The summed E-state index contributed by atoms with van der Waals surface area (Å²) in [5.41, 5.74) is 3.96. The lowest BCUT2D eigenvalue weighted by atomic mass is 9.79. The molecule has 0 atom stereocenters. The third-order valence-corrected chi connectivity index (χ3v) is 5.37. The molecule has 3 aromatic rings. The maximum atomic E-state index is 6.49. The van der Waals surface area contributed by atoms with Crippen LogP contribution in [0.1, 0.15) is 11.1 Å². The van der Waals surface area contributed by atoms with Gasteiger partial charge in [-0.25, -0.2) is 0 Å². The van der Waals surface area contributed by atoms with E-state index in [-0.39, 0.29) is 0 Å². The molecule has 2 aliphatic heterocycles. The Morgan fingerprint density at radius 2 is 1.50 bits per heavy atom. The minimum atomic E-state index is -0.640. The van der Waals surface area contributed by atoms with Crippen LogP contribution in [0.5, 0.6) is 5.75 Å². The molecule has 0 saturated carbocycles. The second kappa shape index (κ2) is 5.40. The molecule has 5 rings (SSSR count). The molecule has 0 amide bonds. The van der Waals surface area contributed by atoms with Crippen LogP contribution in [0.25, 0.3) is 12.3 Å². The van der Waals surface area contributed by atoms with Gasteiger partial charge in [-0.3, -0.25) is 0 Å². The van der Waals surface area contributed by atoms with E-state index < -0.39 is 5.60 Å². The van der Waals surface area contributed by atoms with E-state index in [0.29, 0.717) is 0 Å². The molecule has 2 heterocycles. The van der Waals surface area contributed by atoms with Crippen LogP contribution < -0.4 is 20.1 Å². The molecule has 128 valence electrons. The van der Waals surface area contributed by atoms with E-state index in [1.54, 1.807) is 7.11 Å². The number of para-hydroxylation sites is 2. The number of methoxy groups -OCH3 is 1. The predicted octanol–water partition coefficient (Wildman–Crippen LogP) is 3.27. The largest absolute Gasteiger partial charge is 0.496 e. The van der Waals surface area contributed by atoms with Crippen molar-refractivity contribution in [1.82, 2.24) is 0 Å². The van der Waals surface area contributed by atoms with E-state index in [1.807, 2.05) is 18.4 Å². The lowest BCUT2D eigenvalue weighted by Gasteiger charge is -2.42. The average molecular weight is 341 g/mol. The van der Waals surface area contributed by atoms with Crippen LogP contribution in [-0.2, 0) is 10.3 Å². The summed E-state index contributed by atoms with van der Waals surface area (Å²) >= 11 is 0. The molecule has 26 heavy (non-hydrogen) atoms. The molecule has 3 nitrogen and oxygen atoms in total. The zero-order valence-electron chi connectivity index (χ0n) is 14.8. The van der Waals surface area contributed by atoms with Gasteiger partial charge in [0.15, 0.2) is 5.60 Å². The average Bonchev–Trinajstić information content (AvgIpc) is 2.71. The van der Waals surface area contributed by atoms with E-state index in [1.165, 1.54) is 0 Å². The number of nitrogens with zero attached hydrogens (tertiary/aromatic N) is 1. The van der Waals surface area contributed by atoms with Crippen molar-refractivity contribution in [2.75, 3.05) is 19.1 Å². The first-order chi connectivity index (χ1) is 12.7. The first-order valence-corrected chi connectivity index (χ1v) is 8.71. The molecule has 3 aromatic carbocycles. The molecule has 1 spiro atoms. The van der Waals surface area contributed by atoms with Crippen LogP contribution in [-0.4, -0.2) is 14.2 Å². The third-order valence-electron chi connectivity index (χ3n) is 5.37. The Balaban J connectivity index is 1.88. The molecule has 0 radical (unpaired) electrons. The monoisotopic (exact) mass is 341 g/mol. The molecule has 0 N–H and O–H groups in total. The lowest BCUT2D eigenvalue weighted by Crippen LogP contribution is -2.42. The fraction of sp³-hybridized carbons (Fsp3) is 0.130. The van der Waals surface area contributed by atoms with Gasteiger partial charge in [-0.1, -0.05) is 48.5 Å². The van der Waals surface area contributed by atoms with Gasteiger partial charge < -0.3 is 14.4 Å². The molecule has 0 unspecified atom stereocenters. The highest BCUT2D eigenvalue weighted by atomic mass is 16.5. The standard InChI is InChI=1S/C23H19NO2/c1-24-20-11-5-3-9-18(20)23(19-10-4-6-12-21(19)24)14-16-8-7-13-22(25-2)17(16)15-26-23/h3-15H,1-2H3. The SMILES string of the molecule is COc1cccc2c1=COC1(C=2)c2ccccc2N(C)c2ccccc21. The predicted molar refractivity (Wildman–Crippen MR) is 104 cm³/mol. The quantitative estimate of drug-likeness (QED) is 0.678. The maximum absolute atomic E-state index is 6.49. The van der Waals surface area contributed by atoms with Crippen molar-refractivity contribution in [3.63, 3.8) is 0 Å². The van der Waals surface area contributed by atoms with Crippen LogP contribution in [0.4, 0.5) is 11.4 Å². The van der Waals surface area contributed by atoms with E-state index in [2.05, 4.69) is 72.6 Å². The van der Waals surface area contributed by atoms with Crippen molar-refractivity contribution in [3.05, 3.63) is 88.3 Å². The van der Waals surface area contributed by atoms with Crippen LogP contribution in [0.3, 0.4) is 0 Å². The lowest BCUT2D eigenvalue weighted by molar-refractivity contribution is 0.152. The molecular weight excluding hydrogens is 322 g/mol. The van der Waals surface area contributed by atoms with Gasteiger partial charge in [0.2, 0.25) is 0 Å². The van der Waals surface area contributed by atoms with E-state index in [4.69, 9.17) is 9.47 Å². The number of rotatable bonds is 1. The summed E-state index contributed by atoms with van der Waals surface area (Å²) < 4.78 is 12.0. The Morgan fingerprint density at radius 1 is 0.846 bits per heavy atom. The smallest absolute Gasteiger partial charge is 0.181 e. The van der Waals surface area contributed by atoms with Gasteiger partial charge in [0.05, 0.1) is 18.6 Å². The molecule has 0 saturated heterocycles. The second-order valence-electron chi connectivity index (χ2n) is 6.67. The summed E-state index contributed by atoms with van der Waals surface area (Å²) in [6.07, 6.45) is 4.06. The van der Waals surface area contributed by atoms with Gasteiger partial charge in [-0.05, 0) is 29.5 Å². The highest BCUT2D eigenvalue weighted by Crippen LogP contribution is 2.50. The van der Waals surface area contributed by atoms with Crippen LogP contribution >= 0.6 is 0 Å². The zero-order chi connectivity index (χ0) is 17.7. The number of benzene rings is 3. The summed E-state index contributed by atoms with van der Waals surface area (Å²) in [6, 6.07) is 23.0. The zero-order valence-corrected chi connectivity index (χ0v) is 14.8. The van der Waals surface area contributed by atoms with Crippen molar-refractivity contribution < 1.29 is 9.47 Å². The minimum absolute atomic E-state index is 0.640. The number of ether oxygens (including phenoxy) is 2. The van der Waals surface area contributed by atoms with Crippen molar-refractivity contribution >= 4 is 23.7 Å². The molecule has 3 heteroatoms. The Hall–Kier alpha value is -3.20. The summed E-state index contributed by atoms with van der Waals surface area (Å²) in [7, 11) is 3.79. The fourth-order valence-electron chi connectivity index (χ4n) is 4.11. The van der Waals surface area contributed by atoms with Crippen LogP contribution in [0, 0.1) is 0 Å². The van der Waals surface area contributed by atoms with Crippen molar-refractivity contribution in [3.8, 4) is 5.75 Å². The Kier molecular flexibility index (Phi) is 3.13. The van der Waals surface area contributed by atoms with Gasteiger partial charge in [-0.2, -0.15) is 0 Å². The fourth-order valence-corrected chi connectivity index (χ4v) is 4.11. The second-order valence-corrected chi connectivity index (χ2v) is 6.67. The molecule has 0 aliphatic carbocycles. The molecule has 0 bridgehead atoms. The third kappa shape index (κ3) is 1.88. The van der Waals surface area contributed by atoms with Crippen LogP contribution in [0.2, 0.25) is 0 Å². The van der Waals surface area contributed by atoms with Crippen molar-refractivity contribution in [1.29, 1.82) is 0 Å². The maximum Gasteiger partial charge on any atom is 0.181 e. The highest BCUT2D eigenvalue weighted by Gasteiger charge is 2.43. The van der Waals surface area contributed by atoms with Gasteiger partial charge in [-0.15, -0.1) is 0 Å². The first-order valence-electron chi connectivity index (χ1n) is 8.71. The summed E-state index contributed by atoms with van der Waals surface area (Å²) in [4.78, 5) is 2.23. The molecular formula is C23H19NO2. The number of hydrogen-bond donors (Lipinski definition) is 0. The number of fused-ring (bicyclic) bond motifs is 5. The highest BCUT2D eigenvalue weighted by molar-refractivity contribution is 5.81. The number of hydrogen-bond acceptors (Lipinski definition) is 3. The topological polar surface area (TPSA) is 21.7 Å². The van der Waals surface area contributed by atoms with Crippen molar-refractivity contribution in [2.45, 2.75) is 5.60 Å². The molecule has 0 fully saturated rings. The summed E-state index contributed by atoms with van der Waals surface area (Å²) in [6.45, 7) is 0. The van der Waals surface area contributed by atoms with E-state index in [9.17, 15) is 0 Å². The van der Waals surface area contributed by atoms with Crippen molar-refractivity contribution in [2.24, 2.45) is 0 Å². The number of anilines is 2. The first kappa shape index (κ1) is 15.1. The van der Waals surface area contributed by atoms with Crippen LogP contribution in [0.15, 0.2) is 66.7 Å². The van der Waals surface area contributed by atoms with Gasteiger partial charge in [0.25, 0.3) is 0 Å².